The molecule has 1 aromatic rings. The minimum atomic E-state index is -0.420. The number of hydrogen-bond donors (Lipinski definition) is 2. The highest BCUT2D eigenvalue weighted by Gasteiger charge is 2.09. The van der Waals surface area contributed by atoms with Crippen molar-refractivity contribution in [3.8, 4) is 0 Å². The van der Waals surface area contributed by atoms with E-state index >= 15 is 0 Å². The molecule has 20 heavy (non-hydrogen) atoms. The predicted molar refractivity (Wildman–Crippen MR) is 83.1 cm³/mol. The van der Waals surface area contributed by atoms with E-state index in [1.165, 1.54) is 37.2 Å². The molecule has 0 aromatic carbocycles. The maximum absolute atomic E-state index is 9.82. The molecule has 1 unspecified atom stereocenters. The second-order valence-corrected chi connectivity index (χ2v) is 6.39. The van der Waals surface area contributed by atoms with Crippen molar-refractivity contribution in [2.45, 2.75) is 32.0 Å². The molecule has 1 aromatic heterocycles. The van der Waals surface area contributed by atoms with Gasteiger partial charge in [0.15, 0.2) is 0 Å². The van der Waals surface area contributed by atoms with Gasteiger partial charge in [-0.25, -0.2) is 0 Å². The third-order valence-electron chi connectivity index (χ3n) is 3.57. The van der Waals surface area contributed by atoms with Crippen LogP contribution in [0.25, 0.3) is 0 Å². The van der Waals surface area contributed by atoms with Gasteiger partial charge in [-0.15, -0.1) is 11.3 Å². The van der Waals surface area contributed by atoms with Gasteiger partial charge in [-0.2, -0.15) is 0 Å². The van der Waals surface area contributed by atoms with Gasteiger partial charge in [0.2, 0.25) is 0 Å². The first-order valence-electron chi connectivity index (χ1n) is 7.56. The van der Waals surface area contributed by atoms with E-state index in [0.717, 1.165) is 13.1 Å². The zero-order valence-electron chi connectivity index (χ0n) is 12.1. The van der Waals surface area contributed by atoms with Gasteiger partial charge in [0.25, 0.3) is 0 Å². The number of thiophene rings is 1. The van der Waals surface area contributed by atoms with Crippen LogP contribution in [0, 0.1) is 0 Å². The van der Waals surface area contributed by atoms with E-state index in [1.54, 1.807) is 11.3 Å². The van der Waals surface area contributed by atoms with E-state index in [1.807, 2.05) is 17.5 Å². The fourth-order valence-electron chi connectivity index (χ4n) is 2.44. The van der Waals surface area contributed by atoms with Crippen LogP contribution in [0.1, 0.15) is 24.1 Å². The van der Waals surface area contributed by atoms with Crippen molar-refractivity contribution in [3.63, 3.8) is 0 Å². The van der Waals surface area contributed by atoms with E-state index in [9.17, 15) is 5.11 Å². The molecule has 2 rings (SSSR count). The quantitative estimate of drug-likeness (QED) is 0.681. The SMILES string of the molecule is OC(CNCCN1CCCCC1)COCc1cccs1. The molecule has 1 atom stereocenters. The van der Waals surface area contributed by atoms with Crippen molar-refractivity contribution in [1.29, 1.82) is 0 Å². The van der Waals surface area contributed by atoms with Crippen molar-refractivity contribution in [3.05, 3.63) is 22.4 Å². The standard InChI is InChI=1S/C15H26N2O2S/c18-14(12-19-13-15-5-4-10-20-15)11-16-6-9-17-7-2-1-3-8-17/h4-5,10,14,16,18H,1-3,6-9,11-13H2. The highest BCUT2D eigenvalue weighted by atomic mass is 32.1. The first kappa shape index (κ1) is 15.9. The lowest BCUT2D eigenvalue weighted by atomic mass is 10.1. The molecule has 1 saturated heterocycles. The first-order chi connectivity index (χ1) is 9.84. The van der Waals surface area contributed by atoms with Crippen molar-refractivity contribution in [2.75, 3.05) is 39.3 Å². The number of ether oxygens (including phenoxy) is 1. The van der Waals surface area contributed by atoms with Crippen LogP contribution in [0.2, 0.25) is 0 Å². The number of piperidine rings is 1. The Morgan fingerprint density at radius 3 is 2.95 bits per heavy atom. The highest BCUT2D eigenvalue weighted by molar-refractivity contribution is 7.09. The van der Waals surface area contributed by atoms with E-state index < -0.39 is 6.10 Å². The molecule has 1 aliphatic heterocycles. The molecule has 0 bridgehead atoms. The Bertz CT molecular complexity index is 340. The van der Waals surface area contributed by atoms with Crippen LogP contribution in [0.5, 0.6) is 0 Å². The Hall–Kier alpha value is -0.460. The molecule has 4 nitrogen and oxygen atoms in total. The van der Waals surface area contributed by atoms with Crippen molar-refractivity contribution >= 4 is 11.3 Å². The summed E-state index contributed by atoms with van der Waals surface area (Å²) in [5, 5.41) is 15.2. The Labute approximate surface area is 125 Å². The van der Waals surface area contributed by atoms with Crippen LogP contribution in [0.15, 0.2) is 17.5 Å². The second-order valence-electron chi connectivity index (χ2n) is 5.35. The highest BCUT2D eigenvalue weighted by Crippen LogP contribution is 2.09. The van der Waals surface area contributed by atoms with Gasteiger partial charge in [-0.1, -0.05) is 12.5 Å². The van der Waals surface area contributed by atoms with Gasteiger partial charge in [-0.3, -0.25) is 0 Å². The molecular formula is C15H26N2O2S. The van der Waals surface area contributed by atoms with E-state index in [2.05, 4.69) is 10.2 Å². The lowest BCUT2D eigenvalue weighted by Gasteiger charge is -2.26. The predicted octanol–water partition coefficient (Wildman–Crippen LogP) is 1.70. The average Bonchev–Trinajstić information content (AvgIpc) is 2.98. The summed E-state index contributed by atoms with van der Waals surface area (Å²) < 4.78 is 5.50. The molecule has 5 heteroatoms. The number of aliphatic hydroxyl groups is 1. The third-order valence-corrected chi connectivity index (χ3v) is 4.42. The molecule has 114 valence electrons. The summed E-state index contributed by atoms with van der Waals surface area (Å²) in [5.74, 6) is 0. The lowest BCUT2D eigenvalue weighted by molar-refractivity contribution is 0.0296. The van der Waals surface area contributed by atoms with Crippen LogP contribution < -0.4 is 5.32 Å². The molecule has 2 N–H and O–H groups in total. The molecular weight excluding hydrogens is 272 g/mol. The molecule has 0 saturated carbocycles. The summed E-state index contributed by atoms with van der Waals surface area (Å²) in [6.07, 6.45) is 3.62. The average molecular weight is 298 g/mol. The van der Waals surface area contributed by atoms with Gasteiger partial charge >= 0.3 is 0 Å². The largest absolute Gasteiger partial charge is 0.389 e. The van der Waals surface area contributed by atoms with E-state index in [4.69, 9.17) is 4.74 Å². The van der Waals surface area contributed by atoms with Crippen LogP contribution >= 0.6 is 11.3 Å². The van der Waals surface area contributed by atoms with Crippen LogP contribution in [-0.4, -0.2) is 55.4 Å². The first-order valence-corrected chi connectivity index (χ1v) is 8.44. The fourth-order valence-corrected chi connectivity index (χ4v) is 3.08. The van der Waals surface area contributed by atoms with Crippen LogP contribution in [0.4, 0.5) is 0 Å². The van der Waals surface area contributed by atoms with Gasteiger partial charge < -0.3 is 20.1 Å². The minimum absolute atomic E-state index is 0.397. The summed E-state index contributed by atoms with van der Waals surface area (Å²) in [7, 11) is 0. The molecule has 1 aliphatic rings. The van der Waals surface area contributed by atoms with Crippen molar-refractivity contribution in [1.82, 2.24) is 10.2 Å². The van der Waals surface area contributed by atoms with Crippen LogP contribution in [-0.2, 0) is 11.3 Å². The summed E-state index contributed by atoms with van der Waals surface area (Å²) >= 11 is 1.68. The lowest BCUT2D eigenvalue weighted by Crippen LogP contribution is -2.38. The van der Waals surface area contributed by atoms with Crippen molar-refractivity contribution in [2.24, 2.45) is 0 Å². The van der Waals surface area contributed by atoms with Crippen LogP contribution in [0.3, 0.4) is 0 Å². The van der Waals surface area contributed by atoms with Gasteiger partial charge in [-0.05, 0) is 37.4 Å². The zero-order valence-corrected chi connectivity index (χ0v) is 12.9. The summed E-state index contributed by atoms with van der Waals surface area (Å²) in [4.78, 5) is 3.70. The second kappa shape index (κ2) is 9.47. The number of rotatable bonds is 9. The number of nitrogens with one attached hydrogen (secondary N) is 1. The van der Waals surface area contributed by atoms with Gasteiger partial charge in [0, 0.05) is 24.5 Å². The zero-order chi connectivity index (χ0) is 14.0. The topological polar surface area (TPSA) is 44.7 Å². The molecule has 1 fully saturated rings. The molecule has 0 amide bonds. The molecule has 0 aliphatic carbocycles. The molecule has 0 radical (unpaired) electrons. The maximum Gasteiger partial charge on any atom is 0.0897 e. The number of nitrogens with zero attached hydrogens (tertiary/aromatic N) is 1. The van der Waals surface area contributed by atoms with Gasteiger partial charge in [0.1, 0.15) is 0 Å². The Morgan fingerprint density at radius 2 is 2.20 bits per heavy atom. The fraction of sp³-hybridized carbons (Fsp3) is 0.733. The molecule has 2 heterocycles. The number of hydrogen-bond acceptors (Lipinski definition) is 5. The Kier molecular flexibility index (Phi) is 7.54. The maximum atomic E-state index is 9.82. The Balaban J connectivity index is 1.44. The molecule has 0 spiro atoms. The summed E-state index contributed by atoms with van der Waals surface area (Å²) in [6.45, 7) is 6.10. The smallest absolute Gasteiger partial charge is 0.0897 e. The monoisotopic (exact) mass is 298 g/mol. The summed E-state index contributed by atoms with van der Waals surface area (Å²) in [6, 6.07) is 4.07. The normalized spacial score (nSPS) is 18.2. The van der Waals surface area contributed by atoms with E-state index in [0.29, 0.717) is 19.8 Å². The Morgan fingerprint density at radius 1 is 1.35 bits per heavy atom. The van der Waals surface area contributed by atoms with Crippen molar-refractivity contribution < 1.29 is 9.84 Å². The van der Waals surface area contributed by atoms with E-state index in [-0.39, 0.29) is 0 Å². The minimum Gasteiger partial charge on any atom is -0.389 e. The summed E-state index contributed by atoms with van der Waals surface area (Å²) in [5.41, 5.74) is 0. The van der Waals surface area contributed by atoms with Gasteiger partial charge in [0.05, 0.1) is 19.3 Å². The number of aliphatic hydroxyl groups excluding tert-OH is 1. The number of likely N-dealkylation sites (tertiary alicyclic amines) is 1. The third kappa shape index (κ3) is 6.33.